The Morgan fingerprint density at radius 2 is 1.88 bits per heavy atom. The monoisotopic (exact) mass is 381 g/mol. The summed E-state index contributed by atoms with van der Waals surface area (Å²) in [5.74, 6) is 0.765. The quantitative estimate of drug-likeness (QED) is 0.587. The summed E-state index contributed by atoms with van der Waals surface area (Å²) in [5, 5.41) is 0.940. The Labute approximate surface area is 152 Å². The van der Waals surface area contributed by atoms with Crippen LogP contribution in [0.2, 0.25) is 0 Å². The lowest BCUT2D eigenvalue weighted by Crippen LogP contribution is -2.26. The summed E-state index contributed by atoms with van der Waals surface area (Å²) >= 11 is 1.42. The van der Waals surface area contributed by atoms with Crippen LogP contribution in [-0.4, -0.2) is 24.6 Å². The maximum absolute atomic E-state index is 12.4. The van der Waals surface area contributed by atoms with Gasteiger partial charge in [-0.15, -0.1) is 0 Å². The van der Waals surface area contributed by atoms with Crippen LogP contribution in [0, 0.1) is 6.92 Å². The molecule has 1 aromatic carbocycles. The van der Waals surface area contributed by atoms with E-state index in [4.69, 9.17) is 4.42 Å². The molecule has 0 saturated carbocycles. The van der Waals surface area contributed by atoms with Gasteiger partial charge < -0.3 is 4.42 Å². The number of fused-ring (bicyclic) bond motifs is 1. The molecule has 0 saturated heterocycles. The largest absolute Gasteiger partial charge is 0.449 e. The molecule has 0 fully saturated rings. The van der Waals surface area contributed by atoms with Gasteiger partial charge in [-0.1, -0.05) is 18.7 Å². The normalized spacial score (nSPS) is 13.4. The SMILES string of the molecule is CCSc1cc(=O)c2cc(C)cc(C(C)=NS(=O)(=O)C(C)(C)C)c2o1. The number of thioether (sulfide) groups is 1. The summed E-state index contributed by atoms with van der Waals surface area (Å²) in [6, 6.07) is 5.01. The number of sulfonamides is 1. The third-order valence-electron chi connectivity index (χ3n) is 3.66. The zero-order chi connectivity index (χ0) is 19.0. The van der Waals surface area contributed by atoms with E-state index in [-0.39, 0.29) is 5.43 Å². The van der Waals surface area contributed by atoms with E-state index in [0.29, 0.717) is 27.3 Å². The Morgan fingerprint density at radius 3 is 2.44 bits per heavy atom. The van der Waals surface area contributed by atoms with Gasteiger partial charge in [-0.05, 0) is 58.1 Å². The minimum atomic E-state index is -3.69. The molecule has 0 atom stereocenters. The second kappa shape index (κ2) is 6.96. The number of benzene rings is 1. The van der Waals surface area contributed by atoms with Crippen molar-refractivity contribution in [3.63, 3.8) is 0 Å². The molecule has 25 heavy (non-hydrogen) atoms. The highest BCUT2D eigenvalue weighted by Gasteiger charge is 2.29. The fourth-order valence-electron chi connectivity index (χ4n) is 2.23. The average Bonchev–Trinajstić information content (AvgIpc) is 2.46. The van der Waals surface area contributed by atoms with Crippen molar-refractivity contribution < 1.29 is 12.8 Å². The number of nitrogens with zero attached hydrogens (tertiary/aromatic N) is 1. The summed E-state index contributed by atoms with van der Waals surface area (Å²) in [6.07, 6.45) is 0. The third-order valence-corrected chi connectivity index (χ3v) is 6.49. The highest BCUT2D eigenvalue weighted by molar-refractivity contribution is 7.99. The van der Waals surface area contributed by atoms with Crippen LogP contribution >= 0.6 is 11.8 Å². The van der Waals surface area contributed by atoms with Gasteiger partial charge in [0.15, 0.2) is 10.5 Å². The molecule has 0 amide bonds. The maximum atomic E-state index is 12.4. The Bertz CT molecular complexity index is 996. The number of rotatable bonds is 4. The van der Waals surface area contributed by atoms with Crippen molar-refractivity contribution in [1.29, 1.82) is 0 Å². The first kappa shape index (κ1) is 19.7. The van der Waals surface area contributed by atoms with Crippen LogP contribution < -0.4 is 5.43 Å². The van der Waals surface area contributed by atoms with E-state index in [1.165, 1.54) is 17.8 Å². The molecule has 0 aliphatic carbocycles. The smallest absolute Gasteiger partial charge is 0.258 e. The molecule has 7 heteroatoms. The molecule has 0 radical (unpaired) electrons. The van der Waals surface area contributed by atoms with E-state index >= 15 is 0 Å². The zero-order valence-electron chi connectivity index (χ0n) is 15.3. The fourth-order valence-corrected chi connectivity index (χ4v) is 3.58. The van der Waals surface area contributed by atoms with Crippen LogP contribution in [0.4, 0.5) is 0 Å². The Hall–Kier alpha value is -1.60. The molecule has 2 aromatic rings. The molecule has 0 unspecified atom stereocenters. The fraction of sp³-hybridized carbons (Fsp3) is 0.444. The van der Waals surface area contributed by atoms with Gasteiger partial charge in [0, 0.05) is 11.6 Å². The second-order valence-electron chi connectivity index (χ2n) is 6.82. The number of aryl methyl sites for hydroxylation is 1. The highest BCUT2D eigenvalue weighted by atomic mass is 32.2. The molecule has 2 rings (SSSR count). The molecule has 0 aliphatic heterocycles. The van der Waals surface area contributed by atoms with E-state index in [1.54, 1.807) is 39.8 Å². The number of hydrogen-bond acceptors (Lipinski definition) is 5. The van der Waals surface area contributed by atoms with Crippen LogP contribution in [0.25, 0.3) is 11.0 Å². The van der Waals surface area contributed by atoms with Gasteiger partial charge in [-0.25, -0.2) is 8.42 Å². The van der Waals surface area contributed by atoms with Crippen molar-refractivity contribution in [3.8, 4) is 0 Å². The van der Waals surface area contributed by atoms with Crippen LogP contribution in [0.1, 0.15) is 45.7 Å². The van der Waals surface area contributed by atoms with Gasteiger partial charge in [-0.3, -0.25) is 4.79 Å². The Morgan fingerprint density at radius 1 is 1.24 bits per heavy atom. The predicted molar refractivity (Wildman–Crippen MR) is 105 cm³/mol. The molecular weight excluding hydrogens is 358 g/mol. The molecule has 0 aliphatic rings. The summed E-state index contributed by atoms with van der Waals surface area (Å²) < 4.78 is 33.7. The minimum absolute atomic E-state index is 0.145. The van der Waals surface area contributed by atoms with Crippen molar-refractivity contribution in [2.24, 2.45) is 4.40 Å². The first-order valence-electron chi connectivity index (χ1n) is 7.99. The minimum Gasteiger partial charge on any atom is -0.449 e. The van der Waals surface area contributed by atoms with Crippen molar-refractivity contribution in [2.45, 2.75) is 51.4 Å². The molecular formula is C18H23NO4S2. The first-order valence-corrected chi connectivity index (χ1v) is 10.4. The van der Waals surface area contributed by atoms with E-state index in [9.17, 15) is 13.2 Å². The summed E-state index contributed by atoms with van der Waals surface area (Å²) in [6.45, 7) is 10.2. The van der Waals surface area contributed by atoms with Crippen LogP contribution in [-0.2, 0) is 10.0 Å². The second-order valence-corrected chi connectivity index (χ2v) is 10.4. The molecule has 136 valence electrons. The van der Waals surface area contributed by atoms with Gasteiger partial charge in [0.05, 0.1) is 15.8 Å². The summed E-state index contributed by atoms with van der Waals surface area (Å²) in [4.78, 5) is 12.4. The topological polar surface area (TPSA) is 76.7 Å². The van der Waals surface area contributed by atoms with Crippen molar-refractivity contribution >= 4 is 38.5 Å². The average molecular weight is 382 g/mol. The molecule has 0 bridgehead atoms. The lowest BCUT2D eigenvalue weighted by atomic mass is 10.0. The Kier molecular flexibility index (Phi) is 5.49. The van der Waals surface area contributed by atoms with E-state index in [0.717, 1.165) is 11.3 Å². The van der Waals surface area contributed by atoms with Gasteiger partial charge in [0.2, 0.25) is 0 Å². The summed E-state index contributed by atoms with van der Waals surface area (Å²) in [7, 11) is -3.69. The zero-order valence-corrected chi connectivity index (χ0v) is 17.0. The van der Waals surface area contributed by atoms with E-state index < -0.39 is 14.8 Å². The summed E-state index contributed by atoms with van der Waals surface area (Å²) in [5.41, 5.74) is 1.91. The van der Waals surface area contributed by atoms with E-state index in [2.05, 4.69) is 4.40 Å². The van der Waals surface area contributed by atoms with Gasteiger partial charge >= 0.3 is 0 Å². The third kappa shape index (κ3) is 4.15. The van der Waals surface area contributed by atoms with E-state index in [1.807, 2.05) is 13.8 Å². The van der Waals surface area contributed by atoms with Gasteiger partial charge in [-0.2, -0.15) is 4.40 Å². The first-order chi connectivity index (χ1) is 11.5. The molecule has 0 spiro atoms. The lowest BCUT2D eigenvalue weighted by molar-refractivity contribution is 0.499. The predicted octanol–water partition coefficient (Wildman–Crippen LogP) is 4.15. The van der Waals surface area contributed by atoms with Gasteiger partial charge in [0.1, 0.15) is 5.58 Å². The molecule has 5 nitrogen and oxygen atoms in total. The molecule has 1 heterocycles. The van der Waals surface area contributed by atoms with Crippen molar-refractivity contribution in [3.05, 3.63) is 39.5 Å². The van der Waals surface area contributed by atoms with Gasteiger partial charge in [0.25, 0.3) is 10.0 Å². The Balaban J connectivity index is 2.78. The maximum Gasteiger partial charge on any atom is 0.258 e. The van der Waals surface area contributed by atoms with Crippen LogP contribution in [0.5, 0.6) is 0 Å². The molecule has 0 N–H and O–H groups in total. The lowest BCUT2D eigenvalue weighted by Gasteiger charge is -2.16. The number of hydrogen-bond donors (Lipinski definition) is 0. The van der Waals surface area contributed by atoms with Crippen molar-refractivity contribution in [2.75, 3.05) is 5.75 Å². The van der Waals surface area contributed by atoms with Crippen LogP contribution in [0.15, 0.2) is 36.9 Å². The van der Waals surface area contributed by atoms with Crippen molar-refractivity contribution in [1.82, 2.24) is 0 Å². The standard InChI is InChI=1S/C18H23NO4S2/c1-7-24-16-10-15(20)14-9-11(2)8-13(17(14)23-16)12(3)19-25(21,22)18(4,5)6/h8-10H,7H2,1-6H3. The van der Waals surface area contributed by atoms with Crippen LogP contribution in [0.3, 0.4) is 0 Å². The highest BCUT2D eigenvalue weighted by Crippen LogP contribution is 2.26. The molecule has 1 aromatic heterocycles.